The Morgan fingerprint density at radius 2 is 1.80 bits per heavy atom. The number of carbonyl (C=O) groups excluding carboxylic acids is 1. The quantitative estimate of drug-likeness (QED) is 0.500. The molecule has 5 nitrogen and oxygen atoms in total. The van der Waals surface area contributed by atoms with Crippen molar-refractivity contribution in [1.29, 1.82) is 0 Å². The fraction of sp³-hybridized carbons (Fsp3) is 0.208. The molecule has 3 heterocycles. The topological polar surface area (TPSA) is 51.0 Å². The van der Waals surface area contributed by atoms with Gasteiger partial charge in [0.25, 0.3) is 5.91 Å². The monoisotopic (exact) mass is 400 g/mol. The zero-order chi connectivity index (χ0) is 20.5. The normalized spacial score (nSPS) is 14.9. The van der Waals surface area contributed by atoms with Gasteiger partial charge < -0.3 is 9.47 Å². The number of likely N-dealkylation sites (tertiary alicyclic amines) is 1. The molecule has 5 rings (SSSR count). The predicted molar refractivity (Wildman–Crippen MR) is 114 cm³/mol. The molecular formula is C24H21FN4O. The van der Waals surface area contributed by atoms with Crippen LogP contribution in [0, 0.1) is 5.82 Å². The number of hydrogen-bond acceptors (Lipinski definition) is 3. The molecule has 0 bridgehead atoms. The summed E-state index contributed by atoms with van der Waals surface area (Å²) in [6, 6.07) is 16.1. The van der Waals surface area contributed by atoms with Crippen LogP contribution in [-0.2, 0) is 0 Å². The third kappa shape index (κ3) is 3.45. The summed E-state index contributed by atoms with van der Waals surface area (Å²) in [4.78, 5) is 24.2. The van der Waals surface area contributed by atoms with Crippen LogP contribution in [0.5, 0.6) is 0 Å². The first-order valence-corrected chi connectivity index (χ1v) is 10.1. The highest BCUT2D eigenvalue weighted by Gasteiger charge is 2.26. The van der Waals surface area contributed by atoms with Crippen LogP contribution >= 0.6 is 0 Å². The lowest BCUT2D eigenvalue weighted by molar-refractivity contribution is 0.0696. The number of halogens is 1. The van der Waals surface area contributed by atoms with Gasteiger partial charge in [-0.15, -0.1) is 0 Å². The molecule has 1 amide bonds. The minimum Gasteiger partial charge on any atom is -0.338 e. The van der Waals surface area contributed by atoms with Gasteiger partial charge in [-0.1, -0.05) is 18.2 Å². The number of nitrogens with zero attached hydrogens (tertiary/aromatic N) is 4. The van der Waals surface area contributed by atoms with E-state index in [1.165, 1.54) is 12.1 Å². The van der Waals surface area contributed by atoms with E-state index in [1.54, 1.807) is 18.3 Å². The Hall–Kier alpha value is -3.54. The molecule has 0 aliphatic carbocycles. The van der Waals surface area contributed by atoms with Gasteiger partial charge in [-0.2, -0.15) is 0 Å². The molecule has 0 N–H and O–H groups in total. The summed E-state index contributed by atoms with van der Waals surface area (Å²) < 4.78 is 15.5. The van der Waals surface area contributed by atoms with Gasteiger partial charge in [-0.05, 0) is 49.2 Å². The van der Waals surface area contributed by atoms with Crippen molar-refractivity contribution in [2.24, 2.45) is 0 Å². The number of pyridine rings is 1. The molecule has 0 saturated carbocycles. The lowest BCUT2D eigenvalue weighted by atomic mass is 10.0. The van der Waals surface area contributed by atoms with E-state index in [1.807, 2.05) is 47.8 Å². The van der Waals surface area contributed by atoms with Crippen LogP contribution in [-0.4, -0.2) is 38.4 Å². The SMILES string of the molecule is O=C(c1cc(-c2ccc(F)cc2)nc2ccccc12)N1CCC(n2ccnc2)CC1. The van der Waals surface area contributed by atoms with Crippen molar-refractivity contribution in [3.63, 3.8) is 0 Å². The van der Waals surface area contributed by atoms with E-state index in [9.17, 15) is 9.18 Å². The highest BCUT2D eigenvalue weighted by atomic mass is 19.1. The molecule has 1 aliphatic rings. The molecule has 1 aliphatic heterocycles. The Balaban J connectivity index is 1.47. The van der Waals surface area contributed by atoms with E-state index in [4.69, 9.17) is 4.98 Å². The number of benzene rings is 2. The lowest BCUT2D eigenvalue weighted by Gasteiger charge is -2.33. The molecule has 1 fully saturated rings. The second kappa shape index (κ2) is 7.71. The molecule has 0 radical (unpaired) electrons. The fourth-order valence-electron chi connectivity index (χ4n) is 4.14. The maximum atomic E-state index is 13.5. The summed E-state index contributed by atoms with van der Waals surface area (Å²) in [7, 11) is 0. The van der Waals surface area contributed by atoms with Crippen molar-refractivity contribution in [2.75, 3.05) is 13.1 Å². The van der Waals surface area contributed by atoms with Crippen molar-refractivity contribution < 1.29 is 9.18 Å². The summed E-state index contributed by atoms with van der Waals surface area (Å²) in [5.41, 5.74) is 2.86. The molecule has 0 atom stereocenters. The summed E-state index contributed by atoms with van der Waals surface area (Å²) in [6.45, 7) is 1.40. The summed E-state index contributed by atoms with van der Waals surface area (Å²) in [5, 5.41) is 0.838. The molecule has 6 heteroatoms. The summed E-state index contributed by atoms with van der Waals surface area (Å²) in [6.07, 6.45) is 7.41. The van der Waals surface area contributed by atoms with Crippen molar-refractivity contribution in [3.8, 4) is 11.3 Å². The number of rotatable bonds is 3. The minimum atomic E-state index is -0.295. The Bertz CT molecular complexity index is 1180. The number of para-hydroxylation sites is 1. The van der Waals surface area contributed by atoms with Crippen LogP contribution in [0.25, 0.3) is 22.2 Å². The van der Waals surface area contributed by atoms with Gasteiger partial charge in [0.1, 0.15) is 5.82 Å². The van der Waals surface area contributed by atoms with Crippen molar-refractivity contribution in [2.45, 2.75) is 18.9 Å². The van der Waals surface area contributed by atoms with Crippen LogP contribution in [0.3, 0.4) is 0 Å². The van der Waals surface area contributed by atoms with Crippen LogP contribution in [0.4, 0.5) is 4.39 Å². The number of imidazole rings is 1. The second-order valence-corrected chi connectivity index (χ2v) is 7.61. The van der Waals surface area contributed by atoms with Gasteiger partial charge >= 0.3 is 0 Å². The maximum Gasteiger partial charge on any atom is 0.254 e. The Labute approximate surface area is 173 Å². The van der Waals surface area contributed by atoms with E-state index < -0.39 is 0 Å². The van der Waals surface area contributed by atoms with Gasteiger partial charge in [0, 0.05) is 42.5 Å². The van der Waals surface area contributed by atoms with Gasteiger partial charge in [0.05, 0.1) is 23.1 Å². The molecular weight excluding hydrogens is 379 g/mol. The third-order valence-corrected chi connectivity index (χ3v) is 5.78. The Morgan fingerprint density at radius 1 is 1.03 bits per heavy atom. The average molecular weight is 400 g/mol. The number of amides is 1. The van der Waals surface area contributed by atoms with Crippen molar-refractivity contribution >= 4 is 16.8 Å². The minimum absolute atomic E-state index is 0.0149. The van der Waals surface area contributed by atoms with E-state index in [-0.39, 0.29) is 11.7 Å². The number of hydrogen-bond donors (Lipinski definition) is 0. The Morgan fingerprint density at radius 3 is 2.53 bits per heavy atom. The third-order valence-electron chi connectivity index (χ3n) is 5.78. The van der Waals surface area contributed by atoms with Crippen LogP contribution in [0.15, 0.2) is 73.3 Å². The first kappa shape index (κ1) is 18.5. The highest BCUT2D eigenvalue weighted by molar-refractivity contribution is 6.07. The van der Waals surface area contributed by atoms with Gasteiger partial charge in [0.2, 0.25) is 0 Å². The number of fused-ring (bicyclic) bond motifs is 1. The summed E-state index contributed by atoms with van der Waals surface area (Å²) >= 11 is 0. The smallest absolute Gasteiger partial charge is 0.254 e. The van der Waals surface area contributed by atoms with Crippen LogP contribution in [0.1, 0.15) is 29.2 Å². The molecule has 150 valence electrons. The maximum absolute atomic E-state index is 13.5. The Kier molecular flexibility index (Phi) is 4.75. The standard InChI is InChI=1S/C24H21FN4O/c25-18-7-5-17(6-8-18)23-15-21(20-3-1-2-4-22(20)27-23)24(30)28-12-9-19(10-13-28)29-14-11-26-16-29/h1-8,11,14-16,19H,9-10,12-13H2. The predicted octanol–water partition coefficient (Wildman–Crippen LogP) is 4.71. The van der Waals surface area contributed by atoms with Crippen molar-refractivity contribution in [1.82, 2.24) is 19.4 Å². The molecule has 0 unspecified atom stereocenters. The number of carbonyl (C=O) groups is 1. The second-order valence-electron chi connectivity index (χ2n) is 7.61. The molecule has 1 saturated heterocycles. The largest absolute Gasteiger partial charge is 0.338 e. The van der Waals surface area contributed by atoms with Gasteiger partial charge in [-0.25, -0.2) is 14.4 Å². The molecule has 30 heavy (non-hydrogen) atoms. The van der Waals surface area contributed by atoms with E-state index in [0.29, 0.717) is 30.4 Å². The first-order valence-electron chi connectivity index (χ1n) is 10.1. The summed E-state index contributed by atoms with van der Waals surface area (Å²) in [5.74, 6) is -0.280. The number of aromatic nitrogens is 3. The zero-order valence-electron chi connectivity index (χ0n) is 16.4. The fourth-order valence-corrected chi connectivity index (χ4v) is 4.14. The van der Waals surface area contributed by atoms with Gasteiger partial charge in [0.15, 0.2) is 0 Å². The lowest BCUT2D eigenvalue weighted by Crippen LogP contribution is -2.39. The van der Waals surface area contributed by atoms with E-state index in [0.717, 1.165) is 29.3 Å². The molecule has 2 aromatic heterocycles. The molecule has 0 spiro atoms. The highest BCUT2D eigenvalue weighted by Crippen LogP contribution is 2.28. The van der Waals surface area contributed by atoms with Crippen molar-refractivity contribution in [3.05, 3.63) is 84.7 Å². The first-order chi connectivity index (χ1) is 14.7. The molecule has 2 aromatic carbocycles. The van der Waals surface area contributed by atoms with E-state index >= 15 is 0 Å². The average Bonchev–Trinajstić information content (AvgIpc) is 3.33. The van der Waals surface area contributed by atoms with Crippen LogP contribution < -0.4 is 0 Å². The molecule has 4 aromatic rings. The van der Waals surface area contributed by atoms with E-state index in [2.05, 4.69) is 9.55 Å². The van der Waals surface area contributed by atoms with Gasteiger partial charge in [-0.3, -0.25) is 4.79 Å². The number of piperidine rings is 1. The zero-order valence-corrected chi connectivity index (χ0v) is 16.4. The van der Waals surface area contributed by atoms with Crippen LogP contribution in [0.2, 0.25) is 0 Å².